The molecular weight excluding hydrogens is 288 g/mol. The number of hydrogen-bond acceptors (Lipinski definition) is 5. The lowest BCUT2D eigenvalue weighted by molar-refractivity contribution is 0.552. The Labute approximate surface area is 116 Å². The largest absolute Gasteiger partial charge is 0.326 e. The van der Waals surface area contributed by atoms with E-state index in [-0.39, 0.29) is 4.75 Å². The van der Waals surface area contributed by atoms with E-state index in [1.807, 2.05) is 11.8 Å². The Morgan fingerprint density at radius 1 is 1.56 bits per heavy atom. The third kappa shape index (κ3) is 3.27. The molecule has 1 aliphatic heterocycles. The van der Waals surface area contributed by atoms with Gasteiger partial charge in [-0.05, 0) is 31.6 Å². The predicted octanol–water partition coefficient (Wildman–Crippen LogP) is 1.77. The van der Waals surface area contributed by atoms with E-state index in [9.17, 15) is 8.42 Å². The molecular formula is C11H18N2O2S3. The Bertz CT molecular complexity index is 504. The molecule has 1 saturated heterocycles. The van der Waals surface area contributed by atoms with Crippen LogP contribution in [0.25, 0.3) is 0 Å². The van der Waals surface area contributed by atoms with E-state index in [0.717, 1.165) is 17.1 Å². The molecule has 3 N–H and O–H groups in total. The highest BCUT2D eigenvalue weighted by molar-refractivity contribution is 8.01. The summed E-state index contributed by atoms with van der Waals surface area (Å²) in [6, 6.07) is 1.65. The van der Waals surface area contributed by atoms with Gasteiger partial charge in [0.1, 0.15) is 0 Å². The third-order valence-electron chi connectivity index (χ3n) is 3.08. The summed E-state index contributed by atoms with van der Waals surface area (Å²) >= 11 is 3.23. The highest BCUT2D eigenvalue weighted by Gasteiger charge is 2.31. The lowest BCUT2D eigenvalue weighted by Crippen LogP contribution is -2.36. The molecule has 1 fully saturated rings. The van der Waals surface area contributed by atoms with Crippen molar-refractivity contribution in [1.82, 2.24) is 4.72 Å². The first-order valence-electron chi connectivity index (χ1n) is 5.86. The first-order valence-corrected chi connectivity index (χ1v) is 9.21. The average Bonchev–Trinajstić information content (AvgIpc) is 2.96. The van der Waals surface area contributed by atoms with Crippen molar-refractivity contribution in [2.24, 2.45) is 5.73 Å². The monoisotopic (exact) mass is 306 g/mol. The van der Waals surface area contributed by atoms with Gasteiger partial charge in [-0.15, -0.1) is 11.3 Å². The molecule has 0 spiro atoms. The van der Waals surface area contributed by atoms with E-state index in [1.54, 1.807) is 11.4 Å². The molecule has 7 heteroatoms. The molecule has 1 aromatic heterocycles. The third-order valence-corrected chi connectivity index (χ3v) is 7.10. The molecule has 1 aliphatic rings. The minimum Gasteiger partial charge on any atom is -0.326 e. The van der Waals surface area contributed by atoms with Crippen LogP contribution in [0.5, 0.6) is 0 Å². The number of rotatable bonds is 5. The average molecular weight is 306 g/mol. The molecule has 1 unspecified atom stereocenters. The summed E-state index contributed by atoms with van der Waals surface area (Å²) in [7, 11) is -3.38. The summed E-state index contributed by atoms with van der Waals surface area (Å²) in [5.74, 6) is 1.12. The van der Waals surface area contributed by atoms with E-state index < -0.39 is 10.0 Å². The first kappa shape index (κ1) is 14.3. The Morgan fingerprint density at radius 2 is 2.33 bits per heavy atom. The zero-order chi connectivity index (χ0) is 13.2. The van der Waals surface area contributed by atoms with Crippen LogP contribution in [0.3, 0.4) is 0 Å². The minimum absolute atomic E-state index is 0.0415. The number of thiophene rings is 1. The van der Waals surface area contributed by atoms with Crippen molar-refractivity contribution in [3.8, 4) is 0 Å². The van der Waals surface area contributed by atoms with Gasteiger partial charge in [0.05, 0.1) is 4.90 Å². The molecule has 1 atom stereocenters. The van der Waals surface area contributed by atoms with Gasteiger partial charge in [-0.3, -0.25) is 0 Å². The van der Waals surface area contributed by atoms with Crippen LogP contribution in [0.2, 0.25) is 0 Å². The van der Waals surface area contributed by atoms with Gasteiger partial charge in [0.2, 0.25) is 10.0 Å². The predicted molar refractivity (Wildman–Crippen MR) is 77.5 cm³/mol. The number of thioether (sulfide) groups is 1. The first-order chi connectivity index (χ1) is 8.45. The standard InChI is InChI=1S/C11H18N2O2S3/c1-11(3-2-4-17-11)8-13-18(14,15)10-5-9(6-12)16-7-10/h5,7,13H,2-4,6,8,12H2,1H3. The summed E-state index contributed by atoms with van der Waals surface area (Å²) in [6.07, 6.45) is 2.23. The molecule has 4 nitrogen and oxygen atoms in total. The molecule has 2 heterocycles. The molecule has 1 aromatic rings. The maximum absolute atomic E-state index is 12.1. The van der Waals surface area contributed by atoms with Gasteiger partial charge < -0.3 is 5.73 Å². The zero-order valence-electron chi connectivity index (χ0n) is 10.3. The van der Waals surface area contributed by atoms with Crippen LogP contribution in [0, 0.1) is 0 Å². The van der Waals surface area contributed by atoms with Crippen LogP contribution in [0.15, 0.2) is 16.3 Å². The second-order valence-corrected chi connectivity index (χ2v) is 9.12. The highest BCUT2D eigenvalue weighted by Crippen LogP contribution is 2.37. The van der Waals surface area contributed by atoms with Gasteiger partial charge in [0.25, 0.3) is 0 Å². The van der Waals surface area contributed by atoms with E-state index in [0.29, 0.717) is 18.0 Å². The second-order valence-electron chi connectivity index (χ2n) is 4.68. The summed E-state index contributed by atoms with van der Waals surface area (Å²) in [4.78, 5) is 1.22. The molecule has 0 amide bonds. The van der Waals surface area contributed by atoms with Crippen molar-refractivity contribution in [2.45, 2.75) is 36.0 Å². The van der Waals surface area contributed by atoms with Gasteiger partial charge in [0, 0.05) is 28.1 Å². The molecule has 0 radical (unpaired) electrons. The molecule has 0 bridgehead atoms. The molecule has 0 aromatic carbocycles. The van der Waals surface area contributed by atoms with Crippen LogP contribution in [0.4, 0.5) is 0 Å². The van der Waals surface area contributed by atoms with Gasteiger partial charge >= 0.3 is 0 Å². The van der Waals surface area contributed by atoms with E-state index >= 15 is 0 Å². The Hall–Kier alpha value is -0.0800. The summed E-state index contributed by atoms with van der Waals surface area (Å²) in [6.45, 7) is 2.99. The molecule has 2 rings (SSSR count). The summed E-state index contributed by atoms with van der Waals surface area (Å²) in [5.41, 5.74) is 5.49. The summed E-state index contributed by atoms with van der Waals surface area (Å²) < 4.78 is 27.0. The van der Waals surface area contributed by atoms with E-state index in [4.69, 9.17) is 5.73 Å². The van der Waals surface area contributed by atoms with Gasteiger partial charge in [-0.25, -0.2) is 13.1 Å². The van der Waals surface area contributed by atoms with Crippen molar-refractivity contribution < 1.29 is 8.42 Å². The van der Waals surface area contributed by atoms with Crippen molar-refractivity contribution in [3.05, 3.63) is 16.3 Å². The fourth-order valence-corrected chi connectivity index (χ4v) is 5.58. The fraction of sp³-hybridized carbons (Fsp3) is 0.636. The fourth-order valence-electron chi connectivity index (χ4n) is 1.92. The smallest absolute Gasteiger partial charge is 0.241 e. The molecule has 18 heavy (non-hydrogen) atoms. The van der Waals surface area contributed by atoms with Crippen molar-refractivity contribution in [2.75, 3.05) is 12.3 Å². The number of nitrogens with two attached hydrogens (primary N) is 1. The quantitative estimate of drug-likeness (QED) is 0.869. The van der Waals surface area contributed by atoms with E-state index in [1.165, 1.54) is 17.8 Å². The Balaban J connectivity index is 2.03. The number of hydrogen-bond donors (Lipinski definition) is 2. The molecule has 0 aliphatic carbocycles. The number of sulfonamides is 1. The SMILES string of the molecule is CC1(CNS(=O)(=O)c2csc(CN)c2)CCCS1. The maximum Gasteiger partial charge on any atom is 0.241 e. The lowest BCUT2D eigenvalue weighted by Gasteiger charge is -2.22. The van der Waals surface area contributed by atoms with Gasteiger partial charge in [-0.2, -0.15) is 11.8 Å². The summed E-state index contributed by atoms with van der Waals surface area (Å²) in [5, 5.41) is 1.65. The normalized spacial score (nSPS) is 24.6. The zero-order valence-corrected chi connectivity index (χ0v) is 12.8. The molecule has 0 saturated carbocycles. The van der Waals surface area contributed by atoms with Crippen molar-refractivity contribution in [1.29, 1.82) is 0 Å². The van der Waals surface area contributed by atoms with Crippen LogP contribution in [0.1, 0.15) is 24.6 Å². The topological polar surface area (TPSA) is 72.2 Å². The van der Waals surface area contributed by atoms with Crippen LogP contribution in [-0.4, -0.2) is 25.5 Å². The Kier molecular flexibility index (Phi) is 4.38. The number of nitrogens with one attached hydrogen (secondary N) is 1. The van der Waals surface area contributed by atoms with Crippen molar-refractivity contribution in [3.63, 3.8) is 0 Å². The molecule has 102 valence electrons. The highest BCUT2D eigenvalue weighted by atomic mass is 32.2. The Morgan fingerprint density at radius 3 is 2.89 bits per heavy atom. The van der Waals surface area contributed by atoms with Crippen LogP contribution >= 0.6 is 23.1 Å². The van der Waals surface area contributed by atoms with Gasteiger partial charge in [0.15, 0.2) is 0 Å². The van der Waals surface area contributed by atoms with Crippen LogP contribution in [-0.2, 0) is 16.6 Å². The lowest BCUT2D eigenvalue weighted by atomic mass is 10.1. The van der Waals surface area contributed by atoms with Crippen molar-refractivity contribution >= 4 is 33.1 Å². The minimum atomic E-state index is -3.38. The maximum atomic E-state index is 12.1. The van der Waals surface area contributed by atoms with Crippen LogP contribution < -0.4 is 10.5 Å². The van der Waals surface area contributed by atoms with Gasteiger partial charge in [-0.1, -0.05) is 0 Å². The second kappa shape index (κ2) is 5.50. The van der Waals surface area contributed by atoms with E-state index in [2.05, 4.69) is 11.6 Å².